The van der Waals surface area contributed by atoms with Gasteiger partial charge in [-0.15, -0.1) is 0 Å². The van der Waals surface area contributed by atoms with Crippen LogP contribution in [-0.2, 0) is 10.5 Å². The van der Waals surface area contributed by atoms with Gasteiger partial charge < -0.3 is 10.1 Å². The van der Waals surface area contributed by atoms with Crippen molar-refractivity contribution in [2.24, 2.45) is 0 Å². The lowest BCUT2D eigenvalue weighted by Crippen LogP contribution is -2.37. The van der Waals surface area contributed by atoms with Crippen molar-refractivity contribution in [3.63, 3.8) is 0 Å². The van der Waals surface area contributed by atoms with E-state index in [0.717, 1.165) is 27.8 Å². The zero-order chi connectivity index (χ0) is 18.2. The van der Waals surface area contributed by atoms with Gasteiger partial charge in [0.05, 0.1) is 0 Å². The Bertz CT molecular complexity index is 703. The monoisotopic (exact) mass is 377 g/mol. The topological polar surface area (TPSA) is 38.3 Å². The molecule has 0 saturated carbocycles. The summed E-state index contributed by atoms with van der Waals surface area (Å²) in [5.74, 6) is 2.42. The van der Waals surface area contributed by atoms with Gasteiger partial charge in [-0.05, 0) is 50.1 Å². The third-order valence-electron chi connectivity index (χ3n) is 3.73. The maximum atomic E-state index is 12.1. The first-order chi connectivity index (χ1) is 12.0. The molecule has 0 spiro atoms. The number of hydrogen-bond donors (Lipinski definition) is 1. The van der Waals surface area contributed by atoms with E-state index >= 15 is 0 Å². The van der Waals surface area contributed by atoms with Crippen LogP contribution in [0.4, 0.5) is 0 Å². The lowest BCUT2D eigenvalue weighted by atomic mass is 10.1. The van der Waals surface area contributed by atoms with Crippen LogP contribution < -0.4 is 10.1 Å². The normalized spacial score (nSPS) is 11.8. The number of rotatable bonds is 8. The van der Waals surface area contributed by atoms with Gasteiger partial charge in [0.25, 0.3) is 5.91 Å². The molecule has 5 heteroatoms. The molecule has 3 nitrogen and oxygen atoms in total. The number of halogens is 1. The van der Waals surface area contributed by atoms with Crippen LogP contribution in [0.2, 0.25) is 5.02 Å². The van der Waals surface area contributed by atoms with Crippen molar-refractivity contribution >= 4 is 29.3 Å². The van der Waals surface area contributed by atoms with E-state index in [9.17, 15) is 4.79 Å². The van der Waals surface area contributed by atoms with E-state index < -0.39 is 6.10 Å². The Morgan fingerprint density at radius 2 is 1.92 bits per heavy atom. The minimum absolute atomic E-state index is 0.0907. The van der Waals surface area contributed by atoms with Crippen molar-refractivity contribution in [2.45, 2.75) is 32.6 Å². The van der Waals surface area contributed by atoms with Crippen molar-refractivity contribution in [1.29, 1.82) is 0 Å². The molecule has 134 valence electrons. The van der Waals surface area contributed by atoms with Gasteiger partial charge in [0, 0.05) is 23.1 Å². The maximum Gasteiger partial charge on any atom is 0.260 e. The number of thioether (sulfide) groups is 1. The Kier molecular flexibility index (Phi) is 7.66. The molecular weight excluding hydrogens is 354 g/mol. The molecule has 2 aromatic carbocycles. The second kappa shape index (κ2) is 9.73. The molecule has 1 N–H and O–H groups in total. The van der Waals surface area contributed by atoms with Gasteiger partial charge in [-0.25, -0.2) is 0 Å². The average Bonchev–Trinajstić information content (AvgIpc) is 2.58. The van der Waals surface area contributed by atoms with Gasteiger partial charge in [-0.1, -0.05) is 41.4 Å². The number of benzene rings is 2. The second-order valence-corrected chi connectivity index (χ2v) is 7.54. The number of ether oxygens (including phenoxy) is 1. The van der Waals surface area contributed by atoms with E-state index in [1.807, 2.05) is 56.3 Å². The summed E-state index contributed by atoms with van der Waals surface area (Å²) in [4.78, 5) is 12.1. The maximum absolute atomic E-state index is 12.1. The summed E-state index contributed by atoms with van der Waals surface area (Å²) in [7, 11) is 0. The molecule has 0 unspecified atom stereocenters. The van der Waals surface area contributed by atoms with Crippen LogP contribution in [0.3, 0.4) is 0 Å². The molecule has 0 saturated heterocycles. The molecule has 25 heavy (non-hydrogen) atoms. The predicted molar refractivity (Wildman–Crippen MR) is 107 cm³/mol. The van der Waals surface area contributed by atoms with Crippen LogP contribution >= 0.6 is 23.4 Å². The van der Waals surface area contributed by atoms with E-state index in [-0.39, 0.29) is 5.91 Å². The molecule has 2 aromatic rings. The van der Waals surface area contributed by atoms with Crippen LogP contribution in [0.1, 0.15) is 23.6 Å². The van der Waals surface area contributed by atoms with E-state index in [0.29, 0.717) is 6.54 Å². The highest BCUT2D eigenvalue weighted by molar-refractivity contribution is 7.98. The summed E-state index contributed by atoms with van der Waals surface area (Å²) < 4.78 is 5.77. The van der Waals surface area contributed by atoms with E-state index in [4.69, 9.17) is 16.3 Å². The molecular formula is C20H24ClNO2S. The van der Waals surface area contributed by atoms with Crippen molar-refractivity contribution in [3.05, 3.63) is 64.2 Å². The SMILES string of the molecule is Cc1ccc(O[C@@H](C)C(=O)NCCSCc2ccc(Cl)cc2)c(C)c1. The number of carbonyl (C=O) groups excluding carboxylic acids is 1. The van der Waals surface area contributed by atoms with Gasteiger partial charge in [-0.3, -0.25) is 4.79 Å². The Labute approximate surface area is 159 Å². The fourth-order valence-corrected chi connectivity index (χ4v) is 3.28. The minimum Gasteiger partial charge on any atom is -0.481 e. The van der Waals surface area contributed by atoms with Crippen LogP contribution in [0.15, 0.2) is 42.5 Å². The summed E-state index contributed by atoms with van der Waals surface area (Å²) in [5.41, 5.74) is 3.45. The van der Waals surface area contributed by atoms with E-state index in [1.54, 1.807) is 18.7 Å². The van der Waals surface area contributed by atoms with Crippen LogP contribution in [0, 0.1) is 13.8 Å². The first-order valence-electron chi connectivity index (χ1n) is 8.29. The quantitative estimate of drug-likeness (QED) is 0.673. The van der Waals surface area contributed by atoms with Gasteiger partial charge in [0.2, 0.25) is 0 Å². The summed E-state index contributed by atoms with van der Waals surface area (Å²) >= 11 is 7.64. The standard InChI is InChI=1S/C20H24ClNO2S/c1-14-4-9-19(15(2)12-14)24-16(3)20(23)22-10-11-25-13-17-5-7-18(21)8-6-17/h4-9,12,16H,10-11,13H2,1-3H3,(H,22,23)/t16-/m0/s1. The molecule has 0 aliphatic heterocycles. The van der Waals surface area contributed by atoms with Crippen molar-refractivity contribution in [1.82, 2.24) is 5.32 Å². The summed E-state index contributed by atoms with van der Waals surface area (Å²) in [6.45, 7) is 6.42. The van der Waals surface area contributed by atoms with Crippen LogP contribution in [0.25, 0.3) is 0 Å². The van der Waals surface area contributed by atoms with Gasteiger partial charge >= 0.3 is 0 Å². The first-order valence-corrected chi connectivity index (χ1v) is 9.83. The van der Waals surface area contributed by atoms with Crippen molar-refractivity contribution in [3.8, 4) is 5.75 Å². The van der Waals surface area contributed by atoms with E-state index in [1.165, 1.54) is 11.1 Å². The number of nitrogens with one attached hydrogen (secondary N) is 1. The zero-order valence-electron chi connectivity index (χ0n) is 14.8. The molecule has 2 rings (SSSR count). The molecule has 0 aliphatic rings. The fourth-order valence-electron chi connectivity index (χ4n) is 2.34. The Balaban J connectivity index is 1.68. The zero-order valence-corrected chi connectivity index (χ0v) is 16.4. The van der Waals surface area contributed by atoms with E-state index in [2.05, 4.69) is 5.32 Å². The van der Waals surface area contributed by atoms with Gasteiger partial charge in [0.15, 0.2) is 6.10 Å². The molecule has 0 aliphatic carbocycles. The summed E-state index contributed by atoms with van der Waals surface area (Å²) in [6, 6.07) is 13.8. The van der Waals surface area contributed by atoms with Gasteiger partial charge in [0.1, 0.15) is 5.75 Å². The van der Waals surface area contributed by atoms with Crippen LogP contribution in [0.5, 0.6) is 5.75 Å². The largest absolute Gasteiger partial charge is 0.481 e. The highest BCUT2D eigenvalue weighted by Crippen LogP contribution is 2.20. The molecule has 0 heterocycles. The highest BCUT2D eigenvalue weighted by atomic mass is 35.5. The summed E-state index contributed by atoms with van der Waals surface area (Å²) in [6.07, 6.45) is -0.511. The Morgan fingerprint density at radius 3 is 2.60 bits per heavy atom. The molecule has 0 radical (unpaired) electrons. The first kappa shape index (κ1) is 19.7. The third-order valence-corrected chi connectivity index (χ3v) is 5.01. The number of carbonyl (C=O) groups is 1. The van der Waals surface area contributed by atoms with Gasteiger partial charge in [-0.2, -0.15) is 11.8 Å². The summed E-state index contributed by atoms with van der Waals surface area (Å²) in [5, 5.41) is 3.67. The lowest BCUT2D eigenvalue weighted by Gasteiger charge is -2.16. The van der Waals surface area contributed by atoms with Crippen LogP contribution in [-0.4, -0.2) is 24.3 Å². The number of amides is 1. The molecule has 0 bridgehead atoms. The molecule has 0 fully saturated rings. The second-order valence-electron chi connectivity index (χ2n) is 6.00. The van der Waals surface area contributed by atoms with Crippen molar-refractivity contribution in [2.75, 3.05) is 12.3 Å². The highest BCUT2D eigenvalue weighted by Gasteiger charge is 2.15. The number of aryl methyl sites for hydroxylation is 2. The Hall–Kier alpha value is -1.65. The lowest BCUT2D eigenvalue weighted by molar-refractivity contribution is -0.127. The average molecular weight is 378 g/mol. The third kappa shape index (κ3) is 6.63. The predicted octanol–water partition coefficient (Wildman–Crippen LogP) is 4.77. The number of hydrogen-bond acceptors (Lipinski definition) is 3. The smallest absolute Gasteiger partial charge is 0.260 e. The molecule has 1 amide bonds. The Morgan fingerprint density at radius 1 is 1.20 bits per heavy atom. The minimum atomic E-state index is -0.511. The molecule has 0 aromatic heterocycles. The fraction of sp³-hybridized carbons (Fsp3) is 0.350. The van der Waals surface area contributed by atoms with Crippen molar-refractivity contribution < 1.29 is 9.53 Å². The molecule has 1 atom stereocenters.